The number of nitrogens with two attached hydrogens (primary N) is 1. The van der Waals surface area contributed by atoms with E-state index < -0.39 is 0 Å². The first kappa shape index (κ1) is 16.8. The van der Waals surface area contributed by atoms with Gasteiger partial charge in [-0.2, -0.15) is 0 Å². The summed E-state index contributed by atoms with van der Waals surface area (Å²) in [7, 11) is 1.68. The third kappa shape index (κ3) is 6.36. The van der Waals surface area contributed by atoms with Gasteiger partial charge in [-0.05, 0) is 25.7 Å². The third-order valence-corrected chi connectivity index (χ3v) is 3.17. The van der Waals surface area contributed by atoms with Crippen LogP contribution in [-0.4, -0.2) is 43.2 Å². The molecule has 0 saturated heterocycles. The van der Waals surface area contributed by atoms with Crippen LogP contribution in [0.4, 0.5) is 0 Å². The zero-order valence-electron chi connectivity index (χ0n) is 12.1. The lowest BCUT2D eigenvalue weighted by atomic mass is 9.84. The van der Waals surface area contributed by atoms with E-state index in [0.29, 0.717) is 6.61 Å². The Hall–Kier alpha value is -0.160. The normalized spacial score (nSPS) is 16.9. The molecule has 0 aliphatic carbocycles. The third-order valence-electron chi connectivity index (χ3n) is 3.17. The second-order valence-electron chi connectivity index (χ2n) is 6.20. The van der Waals surface area contributed by atoms with Crippen molar-refractivity contribution in [1.82, 2.24) is 0 Å². The van der Waals surface area contributed by atoms with Gasteiger partial charge in [0.05, 0.1) is 18.3 Å². The number of aliphatic hydroxyl groups is 1. The minimum atomic E-state index is -0.317. The Labute approximate surface area is 105 Å². The van der Waals surface area contributed by atoms with Crippen LogP contribution in [0.15, 0.2) is 0 Å². The molecule has 104 valence electrons. The summed E-state index contributed by atoms with van der Waals surface area (Å²) in [6.45, 7) is 10.6. The highest BCUT2D eigenvalue weighted by Crippen LogP contribution is 2.22. The van der Waals surface area contributed by atoms with Crippen molar-refractivity contribution in [3.8, 4) is 0 Å². The fourth-order valence-corrected chi connectivity index (χ4v) is 1.39. The van der Waals surface area contributed by atoms with E-state index in [1.54, 1.807) is 7.11 Å². The summed E-state index contributed by atoms with van der Waals surface area (Å²) in [4.78, 5) is 0. The molecule has 2 unspecified atom stereocenters. The molecule has 0 aromatic carbocycles. The summed E-state index contributed by atoms with van der Waals surface area (Å²) < 4.78 is 11.0. The van der Waals surface area contributed by atoms with Crippen molar-refractivity contribution in [3.63, 3.8) is 0 Å². The van der Waals surface area contributed by atoms with Crippen LogP contribution in [0, 0.1) is 5.41 Å². The molecule has 4 nitrogen and oxygen atoms in total. The summed E-state index contributed by atoms with van der Waals surface area (Å²) in [5.74, 6) is 0. The lowest BCUT2D eigenvalue weighted by Gasteiger charge is -2.33. The number of ether oxygens (including phenoxy) is 2. The first-order valence-electron chi connectivity index (χ1n) is 6.17. The zero-order valence-corrected chi connectivity index (χ0v) is 12.1. The van der Waals surface area contributed by atoms with Crippen molar-refractivity contribution >= 4 is 0 Å². The van der Waals surface area contributed by atoms with Gasteiger partial charge in [-0.15, -0.1) is 0 Å². The number of aliphatic hydroxyl groups excluding tert-OH is 1. The Balaban J connectivity index is 4.16. The van der Waals surface area contributed by atoms with E-state index in [1.165, 1.54) is 0 Å². The van der Waals surface area contributed by atoms with Gasteiger partial charge in [0.25, 0.3) is 0 Å². The van der Waals surface area contributed by atoms with E-state index >= 15 is 0 Å². The molecule has 0 aliphatic rings. The van der Waals surface area contributed by atoms with E-state index in [2.05, 4.69) is 0 Å². The average Bonchev–Trinajstić information content (AvgIpc) is 2.22. The number of hydrogen-bond donors (Lipinski definition) is 2. The van der Waals surface area contributed by atoms with E-state index in [0.717, 1.165) is 6.42 Å². The maximum absolute atomic E-state index is 9.31. The van der Waals surface area contributed by atoms with Crippen molar-refractivity contribution in [2.75, 3.05) is 20.3 Å². The molecule has 0 saturated carbocycles. The van der Waals surface area contributed by atoms with Gasteiger partial charge < -0.3 is 20.3 Å². The molecule has 2 atom stereocenters. The van der Waals surface area contributed by atoms with Crippen LogP contribution in [0.1, 0.15) is 41.0 Å². The maximum atomic E-state index is 9.31. The lowest BCUT2D eigenvalue weighted by molar-refractivity contribution is -0.0567. The highest BCUT2D eigenvalue weighted by atomic mass is 16.5. The second kappa shape index (κ2) is 6.69. The average molecular weight is 247 g/mol. The molecule has 0 spiro atoms. The second-order valence-corrected chi connectivity index (χ2v) is 6.20. The van der Waals surface area contributed by atoms with Crippen LogP contribution in [-0.2, 0) is 9.47 Å². The van der Waals surface area contributed by atoms with Gasteiger partial charge in [-0.25, -0.2) is 0 Å². The molecule has 0 fully saturated rings. The van der Waals surface area contributed by atoms with Crippen LogP contribution in [0.2, 0.25) is 0 Å². The largest absolute Gasteiger partial charge is 0.394 e. The molecule has 0 aromatic heterocycles. The Bertz CT molecular complexity index is 211. The van der Waals surface area contributed by atoms with Crippen molar-refractivity contribution < 1.29 is 14.6 Å². The van der Waals surface area contributed by atoms with Crippen LogP contribution < -0.4 is 5.73 Å². The smallest absolute Gasteiger partial charge is 0.0961 e. The Morgan fingerprint density at radius 2 is 1.71 bits per heavy atom. The van der Waals surface area contributed by atoms with Gasteiger partial charge in [-0.3, -0.25) is 0 Å². The number of hydrogen-bond acceptors (Lipinski definition) is 4. The first-order valence-corrected chi connectivity index (χ1v) is 6.17. The zero-order chi connectivity index (χ0) is 13.7. The number of rotatable bonds is 7. The fraction of sp³-hybridized carbons (Fsp3) is 1.00. The molecule has 4 heteroatoms. The van der Waals surface area contributed by atoms with Crippen LogP contribution in [0.3, 0.4) is 0 Å². The van der Waals surface area contributed by atoms with E-state index in [9.17, 15) is 5.11 Å². The predicted molar refractivity (Wildman–Crippen MR) is 70.0 cm³/mol. The van der Waals surface area contributed by atoms with Crippen molar-refractivity contribution in [3.05, 3.63) is 0 Å². The molecule has 0 aliphatic heterocycles. The molecule has 17 heavy (non-hydrogen) atoms. The Morgan fingerprint density at radius 1 is 1.18 bits per heavy atom. The predicted octanol–water partition coefficient (Wildman–Crippen LogP) is 1.55. The molecule has 0 aromatic rings. The lowest BCUT2D eigenvalue weighted by Crippen LogP contribution is -2.48. The molecule has 0 bridgehead atoms. The Morgan fingerprint density at radius 3 is 2.06 bits per heavy atom. The van der Waals surface area contributed by atoms with E-state index in [1.807, 2.05) is 34.6 Å². The van der Waals surface area contributed by atoms with Gasteiger partial charge in [0, 0.05) is 19.8 Å². The molecular weight excluding hydrogens is 218 g/mol. The monoisotopic (exact) mass is 247 g/mol. The van der Waals surface area contributed by atoms with Gasteiger partial charge in [0.2, 0.25) is 0 Å². The molecule has 0 heterocycles. The van der Waals surface area contributed by atoms with E-state index in [4.69, 9.17) is 15.2 Å². The standard InChI is InChI=1S/C13H29NO3/c1-12(2,3)11(14)10(9-15)17-8-7-13(4,5)16-6/h10-11,15H,7-9,14H2,1-6H3. The van der Waals surface area contributed by atoms with Crippen LogP contribution in [0.5, 0.6) is 0 Å². The van der Waals surface area contributed by atoms with Gasteiger partial charge in [-0.1, -0.05) is 20.8 Å². The van der Waals surface area contributed by atoms with Crippen molar-refractivity contribution in [1.29, 1.82) is 0 Å². The highest BCUT2D eigenvalue weighted by Gasteiger charge is 2.29. The van der Waals surface area contributed by atoms with Crippen LogP contribution >= 0.6 is 0 Å². The van der Waals surface area contributed by atoms with Gasteiger partial charge >= 0.3 is 0 Å². The Kier molecular flexibility index (Phi) is 6.62. The van der Waals surface area contributed by atoms with Crippen molar-refractivity contribution in [2.45, 2.75) is 58.8 Å². The molecule has 0 radical (unpaired) electrons. The summed E-state index contributed by atoms with van der Waals surface area (Å²) in [5.41, 5.74) is 5.79. The summed E-state index contributed by atoms with van der Waals surface area (Å²) in [6, 6.07) is -0.182. The van der Waals surface area contributed by atoms with Crippen LogP contribution in [0.25, 0.3) is 0 Å². The molecule has 0 amide bonds. The summed E-state index contributed by atoms with van der Waals surface area (Å²) in [5, 5.41) is 9.31. The number of methoxy groups -OCH3 is 1. The first-order chi connectivity index (χ1) is 7.64. The fourth-order valence-electron chi connectivity index (χ4n) is 1.39. The SMILES string of the molecule is COC(C)(C)CCOC(CO)C(N)C(C)(C)C. The van der Waals surface area contributed by atoms with Gasteiger partial charge in [0.1, 0.15) is 0 Å². The summed E-state index contributed by atoms with van der Waals surface area (Å²) in [6.07, 6.45) is 0.458. The topological polar surface area (TPSA) is 64.7 Å². The van der Waals surface area contributed by atoms with Gasteiger partial charge in [0.15, 0.2) is 0 Å². The maximum Gasteiger partial charge on any atom is 0.0961 e. The molecule has 3 N–H and O–H groups in total. The van der Waals surface area contributed by atoms with Crippen molar-refractivity contribution in [2.24, 2.45) is 11.1 Å². The summed E-state index contributed by atoms with van der Waals surface area (Å²) >= 11 is 0. The quantitative estimate of drug-likeness (QED) is 0.716. The minimum absolute atomic E-state index is 0.0498. The van der Waals surface area contributed by atoms with E-state index in [-0.39, 0.29) is 29.8 Å². The minimum Gasteiger partial charge on any atom is -0.394 e. The molecule has 0 rings (SSSR count). The highest BCUT2D eigenvalue weighted by molar-refractivity contribution is 4.84. The molecular formula is C13H29NO3.